The Balaban J connectivity index is 1.78. The van der Waals surface area contributed by atoms with Gasteiger partial charge in [0.15, 0.2) is 0 Å². The maximum atomic E-state index is 12.1. The molecule has 0 amide bonds. The fraction of sp³-hybridized carbons (Fsp3) is 0.357. The number of benzene rings is 1. The van der Waals surface area contributed by atoms with Crippen molar-refractivity contribution in [3.05, 3.63) is 43.0 Å². The Kier molecular flexibility index (Phi) is 5.35. The molecule has 0 unspecified atom stereocenters. The second-order valence-corrected chi connectivity index (χ2v) is 6.35. The molecule has 1 aromatic heterocycles. The molecule has 1 N–H and O–H groups in total. The molecule has 0 saturated heterocycles. The minimum Gasteiger partial charge on any atom is -0.497 e. The summed E-state index contributed by atoms with van der Waals surface area (Å²) in [6.07, 6.45) is 7.03. The van der Waals surface area contributed by atoms with Gasteiger partial charge in [-0.05, 0) is 37.1 Å². The van der Waals surface area contributed by atoms with Gasteiger partial charge in [0.25, 0.3) is 0 Å². The van der Waals surface area contributed by atoms with E-state index < -0.39 is 10.0 Å². The molecule has 21 heavy (non-hydrogen) atoms. The highest BCUT2D eigenvalue weighted by atomic mass is 32.2. The van der Waals surface area contributed by atoms with Crippen LogP contribution < -0.4 is 9.46 Å². The minimum atomic E-state index is -3.44. The van der Waals surface area contributed by atoms with Gasteiger partial charge in [0.2, 0.25) is 10.0 Å². The predicted molar refractivity (Wildman–Crippen MR) is 79.6 cm³/mol. The highest BCUT2D eigenvalue weighted by Crippen LogP contribution is 2.15. The molecule has 0 spiro atoms. The molecule has 7 heteroatoms. The van der Waals surface area contributed by atoms with Crippen molar-refractivity contribution in [2.45, 2.75) is 24.3 Å². The summed E-state index contributed by atoms with van der Waals surface area (Å²) < 4.78 is 33.7. The molecular weight excluding hydrogens is 290 g/mol. The van der Waals surface area contributed by atoms with Crippen LogP contribution in [0.15, 0.2) is 47.9 Å². The van der Waals surface area contributed by atoms with E-state index in [1.165, 1.54) is 12.1 Å². The number of aromatic nitrogens is 2. The first-order valence-corrected chi connectivity index (χ1v) is 8.19. The standard InChI is InChI=1S/C14H19N3O3S/c1-20-13-4-6-14(7-5-13)21(18,19)16-8-2-3-10-17-11-9-15-12-17/h4-7,9,11-12,16H,2-3,8,10H2,1H3. The van der Waals surface area contributed by atoms with E-state index >= 15 is 0 Å². The summed E-state index contributed by atoms with van der Waals surface area (Å²) in [5.41, 5.74) is 0. The molecule has 2 rings (SSSR count). The van der Waals surface area contributed by atoms with Gasteiger partial charge in [-0.2, -0.15) is 0 Å². The largest absolute Gasteiger partial charge is 0.497 e. The fourth-order valence-electron chi connectivity index (χ4n) is 1.88. The molecule has 0 aliphatic rings. The van der Waals surface area contributed by atoms with E-state index in [2.05, 4.69) is 9.71 Å². The van der Waals surface area contributed by atoms with Crippen LogP contribution in [0.25, 0.3) is 0 Å². The number of sulfonamides is 1. The van der Waals surface area contributed by atoms with Crippen molar-refractivity contribution in [1.29, 1.82) is 0 Å². The quantitative estimate of drug-likeness (QED) is 0.753. The summed E-state index contributed by atoms with van der Waals surface area (Å²) in [6, 6.07) is 6.33. The Morgan fingerprint density at radius 1 is 1.24 bits per heavy atom. The first-order chi connectivity index (χ1) is 10.1. The lowest BCUT2D eigenvalue weighted by molar-refractivity contribution is 0.414. The molecule has 114 valence electrons. The van der Waals surface area contributed by atoms with Crippen LogP contribution in [0.5, 0.6) is 5.75 Å². The molecule has 1 aromatic carbocycles. The minimum absolute atomic E-state index is 0.248. The normalized spacial score (nSPS) is 11.5. The lowest BCUT2D eigenvalue weighted by Crippen LogP contribution is -2.24. The van der Waals surface area contributed by atoms with E-state index in [1.54, 1.807) is 31.8 Å². The topological polar surface area (TPSA) is 73.2 Å². The first kappa shape index (κ1) is 15.5. The molecule has 0 aliphatic heterocycles. The number of hydrogen-bond donors (Lipinski definition) is 1. The number of aryl methyl sites for hydroxylation is 1. The summed E-state index contributed by atoms with van der Waals surface area (Å²) in [6.45, 7) is 1.26. The molecule has 0 radical (unpaired) electrons. The summed E-state index contributed by atoms with van der Waals surface area (Å²) >= 11 is 0. The number of nitrogens with one attached hydrogen (secondary N) is 1. The third-order valence-corrected chi connectivity index (χ3v) is 4.54. The lowest BCUT2D eigenvalue weighted by atomic mass is 10.3. The molecule has 0 fully saturated rings. The Labute approximate surface area is 124 Å². The first-order valence-electron chi connectivity index (χ1n) is 6.71. The van der Waals surface area contributed by atoms with Crippen LogP contribution in [-0.4, -0.2) is 31.6 Å². The predicted octanol–water partition coefficient (Wildman–Crippen LogP) is 1.65. The van der Waals surface area contributed by atoms with E-state index in [0.29, 0.717) is 12.3 Å². The van der Waals surface area contributed by atoms with Crippen LogP contribution in [-0.2, 0) is 16.6 Å². The molecule has 0 bridgehead atoms. The summed E-state index contributed by atoms with van der Waals surface area (Å²) in [5.74, 6) is 0.634. The fourth-order valence-corrected chi connectivity index (χ4v) is 2.96. The molecule has 0 saturated carbocycles. The van der Waals surface area contributed by atoms with Crippen molar-refractivity contribution in [2.24, 2.45) is 0 Å². The van der Waals surface area contributed by atoms with Crippen molar-refractivity contribution < 1.29 is 13.2 Å². The SMILES string of the molecule is COc1ccc(S(=O)(=O)NCCCCn2ccnc2)cc1. The molecule has 1 heterocycles. The Bertz CT molecular complexity index is 637. The third-order valence-electron chi connectivity index (χ3n) is 3.06. The maximum absolute atomic E-state index is 12.1. The number of unbranched alkanes of at least 4 members (excludes halogenated alkanes) is 1. The van der Waals surface area contributed by atoms with Crippen LogP contribution >= 0.6 is 0 Å². The molecule has 6 nitrogen and oxygen atoms in total. The average Bonchev–Trinajstić information content (AvgIpc) is 3.00. The zero-order valence-corrected chi connectivity index (χ0v) is 12.7. The van der Waals surface area contributed by atoms with Gasteiger partial charge in [0.05, 0.1) is 18.3 Å². The van der Waals surface area contributed by atoms with Crippen LogP contribution in [0.1, 0.15) is 12.8 Å². The Morgan fingerprint density at radius 3 is 2.62 bits per heavy atom. The van der Waals surface area contributed by atoms with Crippen LogP contribution in [0.3, 0.4) is 0 Å². The number of nitrogens with zero attached hydrogens (tertiary/aromatic N) is 2. The number of ether oxygens (including phenoxy) is 1. The van der Waals surface area contributed by atoms with Gasteiger partial charge in [0, 0.05) is 25.5 Å². The number of methoxy groups -OCH3 is 1. The van der Waals surface area contributed by atoms with Crippen molar-refractivity contribution in [3.63, 3.8) is 0 Å². The zero-order valence-electron chi connectivity index (χ0n) is 11.9. The van der Waals surface area contributed by atoms with Gasteiger partial charge in [-0.3, -0.25) is 0 Å². The molecule has 2 aromatic rings. The highest BCUT2D eigenvalue weighted by molar-refractivity contribution is 7.89. The van der Waals surface area contributed by atoms with Crippen LogP contribution in [0.2, 0.25) is 0 Å². The van der Waals surface area contributed by atoms with E-state index in [1.807, 2.05) is 10.8 Å². The van der Waals surface area contributed by atoms with Crippen LogP contribution in [0, 0.1) is 0 Å². The number of rotatable bonds is 8. The number of imidazole rings is 1. The smallest absolute Gasteiger partial charge is 0.240 e. The molecular formula is C14H19N3O3S. The third kappa shape index (κ3) is 4.57. The maximum Gasteiger partial charge on any atom is 0.240 e. The van der Waals surface area contributed by atoms with Gasteiger partial charge in [0.1, 0.15) is 5.75 Å². The van der Waals surface area contributed by atoms with Crippen LogP contribution in [0.4, 0.5) is 0 Å². The van der Waals surface area contributed by atoms with E-state index in [0.717, 1.165) is 19.4 Å². The summed E-state index contributed by atoms with van der Waals surface area (Å²) in [7, 11) is -1.90. The van der Waals surface area contributed by atoms with E-state index in [-0.39, 0.29) is 4.90 Å². The summed E-state index contributed by atoms with van der Waals surface area (Å²) in [5, 5.41) is 0. The second kappa shape index (κ2) is 7.24. The molecule has 0 atom stereocenters. The van der Waals surface area contributed by atoms with E-state index in [4.69, 9.17) is 4.74 Å². The Hall–Kier alpha value is -1.86. The van der Waals surface area contributed by atoms with Crippen molar-refractivity contribution in [1.82, 2.24) is 14.3 Å². The average molecular weight is 309 g/mol. The van der Waals surface area contributed by atoms with Crippen molar-refractivity contribution in [3.8, 4) is 5.75 Å². The van der Waals surface area contributed by atoms with Gasteiger partial charge >= 0.3 is 0 Å². The highest BCUT2D eigenvalue weighted by Gasteiger charge is 2.12. The monoisotopic (exact) mass is 309 g/mol. The van der Waals surface area contributed by atoms with E-state index in [9.17, 15) is 8.42 Å². The number of hydrogen-bond acceptors (Lipinski definition) is 4. The zero-order chi connectivity index (χ0) is 15.1. The van der Waals surface area contributed by atoms with Gasteiger partial charge < -0.3 is 9.30 Å². The van der Waals surface area contributed by atoms with Gasteiger partial charge in [-0.1, -0.05) is 0 Å². The van der Waals surface area contributed by atoms with Crippen molar-refractivity contribution >= 4 is 10.0 Å². The second-order valence-electron chi connectivity index (χ2n) is 4.58. The Morgan fingerprint density at radius 2 is 2.00 bits per heavy atom. The lowest BCUT2D eigenvalue weighted by Gasteiger charge is -2.07. The summed E-state index contributed by atoms with van der Waals surface area (Å²) in [4.78, 5) is 4.20. The van der Waals surface area contributed by atoms with Gasteiger partial charge in [-0.25, -0.2) is 18.1 Å². The van der Waals surface area contributed by atoms with Gasteiger partial charge in [-0.15, -0.1) is 0 Å². The molecule has 0 aliphatic carbocycles. The van der Waals surface area contributed by atoms with Crippen molar-refractivity contribution in [2.75, 3.05) is 13.7 Å².